The number of carbonyl (C=O) groups is 3. The van der Waals surface area contributed by atoms with Crippen molar-refractivity contribution < 1.29 is 18.8 Å². The molecule has 31 heavy (non-hydrogen) atoms. The van der Waals surface area contributed by atoms with Crippen molar-refractivity contribution in [2.45, 2.75) is 32.0 Å². The van der Waals surface area contributed by atoms with E-state index in [1.807, 2.05) is 13.8 Å². The van der Waals surface area contributed by atoms with Crippen molar-refractivity contribution in [3.8, 4) is 0 Å². The van der Waals surface area contributed by atoms with Gasteiger partial charge in [0, 0.05) is 11.6 Å². The van der Waals surface area contributed by atoms with Gasteiger partial charge in [-0.05, 0) is 29.7 Å². The van der Waals surface area contributed by atoms with E-state index >= 15 is 0 Å². The molecule has 2 aromatic rings. The predicted octanol–water partition coefficient (Wildman–Crippen LogP) is 3.06. The summed E-state index contributed by atoms with van der Waals surface area (Å²) < 4.78 is 13.3. The molecule has 5 rings (SSSR count). The first-order valence-electron chi connectivity index (χ1n) is 10.2. The Kier molecular flexibility index (Phi) is 4.46. The SMILES string of the molecule is CC(C)[C@H]1N[C@@]2(C(=O)Nc3c(Cl)cccc32)[C@H]2C(=O)N(Cc3ccc(F)cc3)C(=O)[C@H]12. The van der Waals surface area contributed by atoms with Gasteiger partial charge in [0.15, 0.2) is 0 Å². The van der Waals surface area contributed by atoms with Gasteiger partial charge >= 0.3 is 0 Å². The van der Waals surface area contributed by atoms with E-state index in [4.69, 9.17) is 11.6 Å². The molecule has 2 saturated heterocycles. The number of rotatable bonds is 3. The molecular weight excluding hydrogens is 421 g/mol. The van der Waals surface area contributed by atoms with Crippen LogP contribution in [-0.4, -0.2) is 28.7 Å². The molecule has 2 N–H and O–H groups in total. The molecule has 3 aliphatic rings. The molecular formula is C23H21ClFN3O3. The molecule has 4 atom stereocenters. The highest BCUT2D eigenvalue weighted by Gasteiger charge is 2.70. The summed E-state index contributed by atoms with van der Waals surface area (Å²) in [5, 5.41) is 6.57. The number of imide groups is 1. The van der Waals surface area contributed by atoms with Crippen LogP contribution in [0.5, 0.6) is 0 Å². The van der Waals surface area contributed by atoms with Crippen LogP contribution in [0.4, 0.5) is 10.1 Å². The molecule has 8 heteroatoms. The molecule has 0 saturated carbocycles. The van der Waals surface area contributed by atoms with E-state index in [0.29, 0.717) is 21.8 Å². The third kappa shape index (κ3) is 2.69. The second kappa shape index (κ2) is 6.87. The first kappa shape index (κ1) is 20.2. The van der Waals surface area contributed by atoms with Crippen LogP contribution in [0.15, 0.2) is 42.5 Å². The summed E-state index contributed by atoms with van der Waals surface area (Å²) in [6.45, 7) is 3.95. The summed E-state index contributed by atoms with van der Waals surface area (Å²) in [4.78, 5) is 41.6. The Hall–Kier alpha value is -2.77. The average molecular weight is 442 g/mol. The lowest BCUT2D eigenvalue weighted by Crippen LogP contribution is -2.53. The van der Waals surface area contributed by atoms with Crippen molar-refractivity contribution in [2.75, 3.05) is 5.32 Å². The van der Waals surface area contributed by atoms with Gasteiger partial charge in [-0.3, -0.25) is 24.6 Å². The smallest absolute Gasteiger partial charge is 0.250 e. The predicted molar refractivity (Wildman–Crippen MR) is 112 cm³/mol. The summed E-state index contributed by atoms with van der Waals surface area (Å²) in [5.74, 6) is -3.04. The molecule has 0 unspecified atom stereocenters. The molecule has 0 bridgehead atoms. The number of hydrogen-bond acceptors (Lipinski definition) is 4. The van der Waals surface area contributed by atoms with E-state index in [1.165, 1.54) is 17.0 Å². The van der Waals surface area contributed by atoms with Gasteiger partial charge in [0.1, 0.15) is 11.4 Å². The number of likely N-dealkylation sites (tertiary alicyclic amines) is 1. The molecule has 1 spiro atoms. The minimum atomic E-state index is -1.36. The van der Waals surface area contributed by atoms with Crippen molar-refractivity contribution >= 4 is 35.0 Å². The molecule has 2 fully saturated rings. The molecule has 0 radical (unpaired) electrons. The standard InChI is InChI=1S/C23H21ClFN3O3/c1-11(2)18-16-17(21(30)28(20(16)29)10-12-6-8-13(25)9-7-12)23(27-18)14-4-3-5-15(24)19(14)26-22(23)31/h3-9,11,16-18,27H,10H2,1-2H3,(H,26,31)/t16-,17+,18+,23+/m0/s1. The first-order valence-corrected chi connectivity index (χ1v) is 10.6. The summed E-state index contributed by atoms with van der Waals surface area (Å²) in [6.07, 6.45) is 0. The lowest BCUT2D eigenvalue weighted by atomic mass is 9.76. The van der Waals surface area contributed by atoms with Gasteiger partial charge in [0.2, 0.25) is 17.7 Å². The van der Waals surface area contributed by atoms with E-state index in [2.05, 4.69) is 10.6 Å². The zero-order valence-electron chi connectivity index (χ0n) is 17.0. The van der Waals surface area contributed by atoms with Gasteiger partial charge in [0.25, 0.3) is 0 Å². The second-order valence-electron chi connectivity index (χ2n) is 8.73. The number of fused-ring (bicyclic) bond motifs is 4. The fourth-order valence-corrected chi connectivity index (χ4v) is 5.51. The Balaban J connectivity index is 1.61. The number of nitrogens with zero attached hydrogens (tertiary/aromatic N) is 1. The van der Waals surface area contributed by atoms with Crippen molar-refractivity contribution in [1.82, 2.24) is 10.2 Å². The highest BCUT2D eigenvalue weighted by Crippen LogP contribution is 2.55. The minimum Gasteiger partial charge on any atom is -0.323 e. The van der Waals surface area contributed by atoms with Gasteiger partial charge in [-0.2, -0.15) is 0 Å². The summed E-state index contributed by atoms with van der Waals surface area (Å²) >= 11 is 6.32. The third-order valence-corrected chi connectivity index (χ3v) is 7.01. The fraction of sp³-hybridized carbons (Fsp3) is 0.348. The Morgan fingerprint density at radius 2 is 1.81 bits per heavy atom. The van der Waals surface area contributed by atoms with Crippen LogP contribution in [0.1, 0.15) is 25.0 Å². The Morgan fingerprint density at radius 1 is 1.10 bits per heavy atom. The molecule has 6 nitrogen and oxygen atoms in total. The van der Waals surface area contributed by atoms with Crippen LogP contribution in [-0.2, 0) is 26.5 Å². The van der Waals surface area contributed by atoms with Gasteiger partial charge < -0.3 is 5.32 Å². The minimum absolute atomic E-state index is 0.00503. The largest absolute Gasteiger partial charge is 0.323 e. The molecule has 3 heterocycles. The zero-order valence-corrected chi connectivity index (χ0v) is 17.7. The number of para-hydroxylation sites is 1. The number of carbonyl (C=O) groups excluding carboxylic acids is 3. The maximum absolute atomic E-state index is 13.6. The van der Waals surface area contributed by atoms with E-state index in [0.717, 1.165) is 0 Å². The van der Waals surface area contributed by atoms with Crippen molar-refractivity contribution in [3.05, 3.63) is 64.4 Å². The summed E-state index contributed by atoms with van der Waals surface area (Å²) in [5.41, 5.74) is 0.352. The van der Waals surface area contributed by atoms with Gasteiger partial charge in [-0.15, -0.1) is 0 Å². The van der Waals surface area contributed by atoms with Crippen LogP contribution in [0.3, 0.4) is 0 Å². The highest BCUT2D eigenvalue weighted by atomic mass is 35.5. The maximum atomic E-state index is 13.6. The van der Waals surface area contributed by atoms with Gasteiger partial charge in [-0.1, -0.05) is 49.7 Å². The average Bonchev–Trinajstić information content (AvgIpc) is 3.32. The van der Waals surface area contributed by atoms with Crippen LogP contribution >= 0.6 is 11.6 Å². The number of hydrogen-bond donors (Lipinski definition) is 2. The second-order valence-corrected chi connectivity index (χ2v) is 9.14. The Labute approximate surface area is 183 Å². The molecule has 160 valence electrons. The molecule has 3 aliphatic heterocycles. The topological polar surface area (TPSA) is 78.5 Å². The normalized spacial score (nSPS) is 29.1. The van der Waals surface area contributed by atoms with Crippen molar-refractivity contribution in [3.63, 3.8) is 0 Å². The quantitative estimate of drug-likeness (QED) is 0.717. The van der Waals surface area contributed by atoms with E-state index < -0.39 is 23.3 Å². The Bertz CT molecular complexity index is 1120. The molecule has 3 amide bonds. The van der Waals surface area contributed by atoms with E-state index in [1.54, 1.807) is 30.3 Å². The zero-order chi connectivity index (χ0) is 22.1. The number of anilines is 1. The monoisotopic (exact) mass is 441 g/mol. The van der Waals surface area contributed by atoms with Crippen molar-refractivity contribution in [2.24, 2.45) is 17.8 Å². The van der Waals surface area contributed by atoms with Crippen LogP contribution in [0, 0.1) is 23.6 Å². The number of halogens is 2. The third-order valence-electron chi connectivity index (χ3n) is 6.70. The van der Waals surface area contributed by atoms with Crippen LogP contribution in [0.2, 0.25) is 5.02 Å². The van der Waals surface area contributed by atoms with E-state index in [9.17, 15) is 18.8 Å². The first-order chi connectivity index (χ1) is 14.8. The number of benzene rings is 2. The summed E-state index contributed by atoms with van der Waals surface area (Å²) in [6, 6.07) is 10.5. The fourth-order valence-electron chi connectivity index (χ4n) is 5.29. The van der Waals surface area contributed by atoms with Gasteiger partial charge in [-0.25, -0.2) is 4.39 Å². The van der Waals surface area contributed by atoms with E-state index in [-0.39, 0.29) is 36.1 Å². The summed E-state index contributed by atoms with van der Waals surface area (Å²) in [7, 11) is 0. The lowest BCUT2D eigenvalue weighted by molar-refractivity contribution is -0.143. The maximum Gasteiger partial charge on any atom is 0.250 e. The Morgan fingerprint density at radius 3 is 2.48 bits per heavy atom. The van der Waals surface area contributed by atoms with Gasteiger partial charge in [0.05, 0.1) is 29.1 Å². The van der Waals surface area contributed by atoms with Crippen LogP contribution < -0.4 is 10.6 Å². The molecule has 0 aromatic heterocycles. The molecule has 0 aliphatic carbocycles. The van der Waals surface area contributed by atoms with Crippen LogP contribution in [0.25, 0.3) is 0 Å². The number of amides is 3. The van der Waals surface area contributed by atoms with Crippen molar-refractivity contribution in [1.29, 1.82) is 0 Å². The lowest BCUT2D eigenvalue weighted by Gasteiger charge is -2.30. The number of nitrogens with one attached hydrogen (secondary N) is 2. The molecule has 2 aromatic carbocycles. The highest BCUT2D eigenvalue weighted by molar-refractivity contribution is 6.35.